The Morgan fingerprint density at radius 2 is 1.95 bits per heavy atom. The zero-order valence-corrected chi connectivity index (χ0v) is 11.3. The van der Waals surface area contributed by atoms with Crippen molar-refractivity contribution in [3.05, 3.63) is 29.8 Å². The van der Waals surface area contributed by atoms with Crippen LogP contribution in [0.5, 0.6) is 0 Å². The average Bonchev–Trinajstić information content (AvgIpc) is 2.37. The van der Waals surface area contributed by atoms with Crippen molar-refractivity contribution >= 4 is 23.3 Å². The van der Waals surface area contributed by atoms with Crippen LogP contribution in [-0.2, 0) is 4.79 Å². The highest BCUT2D eigenvalue weighted by atomic mass is 16.2. The molecule has 1 aromatic rings. The molecule has 2 amide bonds. The van der Waals surface area contributed by atoms with Crippen LogP contribution in [0.1, 0.15) is 37.6 Å². The van der Waals surface area contributed by atoms with Crippen LogP contribution in [-0.4, -0.2) is 23.6 Å². The van der Waals surface area contributed by atoms with Gasteiger partial charge >= 0.3 is 6.03 Å². The van der Waals surface area contributed by atoms with Gasteiger partial charge in [0.25, 0.3) is 0 Å². The smallest absolute Gasteiger partial charge is 0.319 e. The second kappa shape index (κ2) is 6.68. The summed E-state index contributed by atoms with van der Waals surface area (Å²) in [4.78, 5) is 34.2. The van der Waals surface area contributed by atoms with E-state index in [0.29, 0.717) is 17.7 Å². The van der Waals surface area contributed by atoms with Crippen molar-refractivity contribution in [2.75, 3.05) is 5.32 Å². The standard InChI is InChI=1S/C14H18N2O3/c1-4-13(18)9(2)15-14(19)16-12-7-5-6-11(8-12)10(3)17/h5-9H,4H2,1-3H3,(H2,15,16,19). The summed E-state index contributed by atoms with van der Waals surface area (Å²) in [6, 6.07) is 5.64. The summed E-state index contributed by atoms with van der Waals surface area (Å²) in [5.41, 5.74) is 1.04. The average molecular weight is 262 g/mol. The number of hydrogen-bond acceptors (Lipinski definition) is 3. The zero-order chi connectivity index (χ0) is 14.4. The SMILES string of the molecule is CCC(=O)C(C)NC(=O)Nc1cccc(C(C)=O)c1. The molecule has 5 heteroatoms. The van der Waals surface area contributed by atoms with Gasteiger partial charge in [-0.3, -0.25) is 9.59 Å². The summed E-state index contributed by atoms with van der Waals surface area (Å²) in [6.07, 6.45) is 0.376. The summed E-state index contributed by atoms with van der Waals surface area (Å²) in [6.45, 7) is 4.84. The first-order chi connectivity index (χ1) is 8.93. The summed E-state index contributed by atoms with van der Waals surface area (Å²) in [5, 5.41) is 5.14. The third kappa shape index (κ3) is 4.54. The van der Waals surface area contributed by atoms with Gasteiger partial charge in [0.15, 0.2) is 11.6 Å². The number of amides is 2. The highest BCUT2D eigenvalue weighted by Gasteiger charge is 2.13. The number of rotatable bonds is 5. The lowest BCUT2D eigenvalue weighted by molar-refractivity contribution is -0.120. The van der Waals surface area contributed by atoms with Gasteiger partial charge in [0.05, 0.1) is 6.04 Å². The van der Waals surface area contributed by atoms with E-state index in [2.05, 4.69) is 10.6 Å². The van der Waals surface area contributed by atoms with Crippen molar-refractivity contribution in [2.24, 2.45) is 0 Å². The van der Waals surface area contributed by atoms with Gasteiger partial charge in [-0.1, -0.05) is 19.1 Å². The van der Waals surface area contributed by atoms with Crippen LogP contribution >= 0.6 is 0 Å². The van der Waals surface area contributed by atoms with E-state index >= 15 is 0 Å². The fraction of sp³-hybridized carbons (Fsp3) is 0.357. The molecule has 0 aliphatic rings. The van der Waals surface area contributed by atoms with Gasteiger partial charge in [-0.05, 0) is 26.0 Å². The largest absolute Gasteiger partial charge is 0.328 e. The summed E-state index contributed by atoms with van der Waals surface area (Å²) in [5.74, 6) is -0.105. The fourth-order valence-corrected chi connectivity index (χ4v) is 1.57. The van der Waals surface area contributed by atoms with E-state index in [1.165, 1.54) is 6.92 Å². The number of Topliss-reactive ketones (excluding diaryl/α,β-unsaturated/α-hetero) is 2. The molecule has 0 spiro atoms. The third-order valence-corrected chi connectivity index (χ3v) is 2.71. The third-order valence-electron chi connectivity index (χ3n) is 2.71. The summed E-state index contributed by atoms with van der Waals surface area (Å²) in [7, 11) is 0. The second-order valence-electron chi connectivity index (χ2n) is 4.28. The molecule has 0 aromatic heterocycles. The fourth-order valence-electron chi connectivity index (χ4n) is 1.57. The molecule has 19 heavy (non-hydrogen) atoms. The van der Waals surface area contributed by atoms with E-state index in [0.717, 1.165) is 0 Å². The Hall–Kier alpha value is -2.17. The van der Waals surface area contributed by atoms with Crippen LogP contribution in [0.25, 0.3) is 0 Å². The lowest BCUT2D eigenvalue weighted by Gasteiger charge is -2.13. The van der Waals surface area contributed by atoms with Gasteiger partial charge in [-0.15, -0.1) is 0 Å². The van der Waals surface area contributed by atoms with Crippen LogP contribution in [0.4, 0.5) is 10.5 Å². The molecule has 0 radical (unpaired) electrons. The summed E-state index contributed by atoms with van der Waals surface area (Å²) < 4.78 is 0. The zero-order valence-electron chi connectivity index (χ0n) is 11.3. The molecular formula is C14H18N2O3. The van der Waals surface area contributed by atoms with Crippen molar-refractivity contribution in [3.8, 4) is 0 Å². The molecule has 1 rings (SSSR count). The molecule has 1 unspecified atom stereocenters. The first kappa shape index (κ1) is 14.9. The maximum absolute atomic E-state index is 11.7. The molecule has 2 N–H and O–H groups in total. The van der Waals surface area contributed by atoms with Gasteiger partial charge in [-0.2, -0.15) is 0 Å². The highest BCUT2D eigenvalue weighted by Crippen LogP contribution is 2.11. The predicted molar refractivity (Wildman–Crippen MR) is 73.4 cm³/mol. The van der Waals surface area contributed by atoms with E-state index in [4.69, 9.17) is 0 Å². The van der Waals surface area contributed by atoms with Gasteiger partial charge in [-0.25, -0.2) is 4.79 Å². The van der Waals surface area contributed by atoms with Crippen LogP contribution in [0.2, 0.25) is 0 Å². The molecule has 0 aliphatic heterocycles. The van der Waals surface area contributed by atoms with E-state index in [9.17, 15) is 14.4 Å². The van der Waals surface area contributed by atoms with Crippen LogP contribution in [0, 0.1) is 0 Å². The first-order valence-corrected chi connectivity index (χ1v) is 6.15. The minimum Gasteiger partial charge on any atom is -0.328 e. The lowest BCUT2D eigenvalue weighted by Crippen LogP contribution is -2.40. The van der Waals surface area contributed by atoms with Crippen LogP contribution < -0.4 is 10.6 Å². The first-order valence-electron chi connectivity index (χ1n) is 6.15. The van der Waals surface area contributed by atoms with Gasteiger partial charge < -0.3 is 10.6 Å². The number of anilines is 1. The number of carbonyl (C=O) groups excluding carboxylic acids is 3. The number of carbonyl (C=O) groups is 3. The monoisotopic (exact) mass is 262 g/mol. The normalized spacial score (nSPS) is 11.5. The van der Waals surface area contributed by atoms with Crippen LogP contribution in [0.3, 0.4) is 0 Å². The van der Waals surface area contributed by atoms with E-state index in [1.54, 1.807) is 38.1 Å². The predicted octanol–water partition coefficient (Wildman–Crippen LogP) is 2.38. The van der Waals surface area contributed by atoms with E-state index in [-0.39, 0.29) is 11.6 Å². The molecular weight excluding hydrogens is 244 g/mol. The Morgan fingerprint density at radius 3 is 2.53 bits per heavy atom. The molecule has 0 saturated heterocycles. The molecule has 0 fully saturated rings. The number of hydrogen-bond donors (Lipinski definition) is 2. The van der Waals surface area contributed by atoms with Crippen molar-refractivity contribution < 1.29 is 14.4 Å². The Balaban J connectivity index is 2.64. The van der Waals surface area contributed by atoms with Crippen LogP contribution in [0.15, 0.2) is 24.3 Å². The molecule has 0 heterocycles. The van der Waals surface area contributed by atoms with Crippen molar-refractivity contribution in [1.82, 2.24) is 5.32 Å². The minimum absolute atomic E-state index is 0.0346. The maximum atomic E-state index is 11.7. The molecule has 102 valence electrons. The minimum atomic E-state index is -0.527. The molecule has 0 saturated carbocycles. The van der Waals surface area contributed by atoms with Gasteiger partial charge in [0, 0.05) is 17.7 Å². The number of nitrogens with one attached hydrogen (secondary N) is 2. The number of benzene rings is 1. The second-order valence-corrected chi connectivity index (χ2v) is 4.28. The molecule has 1 aromatic carbocycles. The Labute approximate surface area is 112 Å². The van der Waals surface area contributed by atoms with E-state index < -0.39 is 12.1 Å². The Kier molecular flexibility index (Phi) is 5.23. The lowest BCUT2D eigenvalue weighted by atomic mass is 10.1. The van der Waals surface area contributed by atoms with Crippen molar-refractivity contribution in [2.45, 2.75) is 33.2 Å². The highest BCUT2D eigenvalue weighted by molar-refractivity contribution is 5.97. The Bertz CT molecular complexity index is 497. The molecule has 1 atom stereocenters. The van der Waals surface area contributed by atoms with Gasteiger partial charge in [0.2, 0.25) is 0 Å². The van der Waals surface area contributed by atoms with Crippen molar-refractivity contribution in [1.29, 1.82) is 0 Å². The number of urea groups is 1. The number of ketones is 2. The maximum Gasteiger partial charge on any atom is 0.319 e. The summed E-state index contributed by atoms with van der Waals surface area (Å²) >= 11 is 0. The molecule has 0 aliphatic carbocycles. The van der Waals surface area contributed by atoms with E-state index in [1.807, 2.05) is 0 Å². The van der Waals surface area contributed by atoms with Crippen molar-refractivity contribution in [3.63, 3.8) is 0 Å². The molecule has 0 bridgehead atoms. The Morgan fingerprint density at radius 1 is 1.26 bits per heavy atom. The quantitative estimate of drug-likeness (QED) is 0.800. The van der Waals surface area contributed by atoms with Gasteiger partial charge in [0.1, 0.15) is 0 Å². The topological polar surface area (TPSA) is 75.3 Å². The molecule has 5 nitrogen and oxygen atoms in total.